The third kappa shape index (κ3) is 5.66. The SMILES string of the molecule is COc1ccc(C2=Nc3cc(C)c(C)cc3N=C(SCC(=O)Nc3ccc(Cl)cc3F)C2)cc1. The Morgan fingerprint density at radius 2 is 1.74 bits per heavy atom. The summed E-state index contributed by atoms with van der Waals surface area (Å²) in [5.74, 6) is -0.0660. The molecule has 5 nitrogen and oxygen atoms in total. The number of anilines is 1. The molecule has 4 rings (SSSR count). The fourth-order valence-electron chi connectivity index (χ4n) is 3.43. The summed E-state index contributed by atoms with van der Waals surface area (Å²) in [6.07, 6.45) is 0.465. The molecule has 1 heterocycles. The Bertz CT molecular complexity index is 1310. The van der Waals surface area contributed by atoms with Gasteiger partial charge in [-0.15, -0.1) is 11.8 Å². The number of rotatable bonds is 5. The van der Waals surface area contributed by atoms with Crippen molar-refractivity contribution in [1.82, 2.24) is 0 Å². The minimum atomic E-state index is -0.577. The van der Waals surface area contributed by atoms with E-state index in [-0.39, 0.29) is 22.4 Å². The number of methoxy groups -OCH3 is 1. The Morgan fingerprint density at radius 1 is 1.06 bits per heavy atom. The number of aryl methyl sites for hydroxylation is 2. The predicted octanol–water partition coefficient (Wildman–Crippen LogP) is 7.03. The summed E-state index contributed by atoms with van der Waals surface area (Å²) in [5.41, 5.74) is 5.69. The van der Waals surface area contributed by atoms with Crippen molar-refractivity contribution < 1.29 is 13.9 Å². The molecule has 0 saturated heterocycles. The molecule has 3 aromatic rings. The van der Waals surface area contributed by atoms with Gasteiger partial charge in [0, 0.05) is 11.4 Å². The van der Waals surface area contributed by atoms with Crippen LogP contribution < -0.4 is 10.1 Å². The van der Waals surface area contributed by atoms with Crippen LogP contribution in [0.4, 0.5) is 21.5 Å². The molecule has 0 aliphatic carbocycles. The number of aliphatic imine (C=N–C) groups is 2. The molecule has 3 aromatic carbocycles. The number of halogens is 2. The van der Waals surface area contributed by atoms with Gasteiger partial charge in [-0.25, -0.2) is 9.38 Å². The number of carbonyl (C=O) groups excluding carboxylic acids is 1. The van der Waals surface area contributed by atoms with Crippen molar-refractivity contribution in [2.24, 2.45) is 9.98 Å². The van der Waals surface area contributed by atoms with Gasteiger partial charge >= 0.3 is 0 Å². The number of nitrogens with one attached hydrogen (secondary N) is 1. The zero-order valence-corrected chi connectivity index (χ0v) is 20.6. The van der Waals surface area contributed by atoms with Crippen LogP contribution in [0.15, 0.2) is 64.6 Å². The molecule has 0 radical (unpaired) electrons. The van der Waals surface area contributed by atoms with E-state index in [9.17, 15) is 9.18 Å². The molecule has 174 valence electrons. The lowest BCUT2D eigenvalue weighted by atomic mass is 10.1. The average molecular weight is 496 g/mol. The predicted molar refractivity (Wildman–Crippen MR) is 139 cm³/mol. The van der Waals surface area contributed by atoms with Gasteiger partial charge in [-0.1, -0.05) is 11.6 Å². The van der Waals surface area contributed by atoms with Crippen LogP contribution in [-0.2, 0) is 4.79 Å². The van der Waals surface area contributed by atoms with Gasteiger partial charge in [0.1, 0.15) is 11.6 Å². The highest BCUT2D eigenvalue weighted by Gasteiger charge is 2.18. The summed E-state index contributed by atoms with van der Waals surface area (Å²) in [6, 6.07) is 15.9. The summed E-state index contributed by atoms with van der Waals surface area (Å²) >= 11 is 7.09. The van der Waals surface area contributed by atoms with E-state index in [0.29, 0.717) is 6.42 Å². The Kier molecular flexibility index (Phi) is 7.34. The van der Waals surface area contributed by atoms with E-state index in [0.717, 1.165) is 44.6 Å². The minimum absolute atomic E-state index is 0.0803. The molecule has 0 atom stereocenters. The van der Waals surface area contributed by atoms with Crippen LogP contribution >= 0.6 is 23.4 Å². The van der Waals surface area contributed by atoms with Crippen LogP contribution in [0.5, 0.6) is 5.75 Å². The second-order valence-electron chi connectivity index (χ2n) is 7.86. The van der Waals surface area contributed by atoms with Crippen molar-refractivity contribution in [1.29, 1.82) is 0 Å². The van der Waals surface area contributed by atoms with Crippen molar-refractivity contribution in [2.45, 2.75) is 20.3 Å². The lowest BCUT2D eigenvalue weighted by molar-refractivity contribution is -0.113. The maximum absolute atomic E-state index is 14.0. The number of thioether (sulfide) groups is 1. The summed E-state index contributed by atoms with van der Waals surface area (Å²) in [5, 5.41) is 3.62. The summed E-state index contributed by atoms with van der Waals surface area (Å²) in [6.45, 7) is 4.08. The largest absolute Gasteiger partial charge is 0.497 e. The number of ether oxygens (including phenoxy) is 1. The maximum Gasteiger partial charge on any atom is 0.234 e. The van der Waals surface area contributed by atoms with Crippen LogP contribution in [0.2, 0.25) is 5.02 Å². The van der Waals surface area contributed by atoms with Crippen LogP contribution in [0, 0.1) is 19.7 Å². The Balaban J connectivity index is 1.58. The van der Waals surface area contributed by atoms with Crippen LogP contribution in [0.25, 0.3) is 0 Å². The molecule has 0 spiro atoms. The first kappa shape index (κ1) is 24.0. The first-order valence-corrected chi connectivity index (χ1v) is 12.0. The summed E-state index contributed by atoms with van der Waals surface area (Å²) < 4.78 is 19.3. The molecular formula is C26H23ClFN3O2S. The van der Waals surface area contributed by atoms with Crippen LogP contribution in [0.1, 0.15) is 23.1 Å². The highest BCUT2D eigenvalue weighted by atomic mass is 35.5. The number of hydrogen-bond donors (Lipinski definition) is 1. The first-order valence-electron chi connectivity index (χ1n) is 10.6. The van der Waals surface area contributed by atoms with Crippen molar-refractivity contribution in [2.75, 3.05) is 18.2 Å². The first-order chi connectivity index (χ1) is 16.3. The van der Waals surface area contributed by atoms with Crippen molar-refractivity contribution >= 4 is 57.1 Å². The fraction of sp³-hybridized carbons (Fsp3) is 0.192. The van der Waals surface area contributed by atoms with Gasteiger partial charge in [-0.05, 0) is 85.1 Å². The second-order valence-corrected chi connectivity index (χ2v) is 9.34. The van der Waals surface area contributed by atoms with E-state index in [1.165, 1.54) is 30.0 Å². The molecule has 34 heavy (non-hydrogen) atoms. The van der Waals surface area contributed by atoms with Gasteiger partial charge in [0.15, 0.2) is 0 Å². The van der Waals surface area contributed by atoms with E-state index in [4.69, 9.17) is 26.3 Å². The van der Waals surface area contributed by atoms with Gasteiger partial charge in [-0.2, -0.15) is 0 Å². The van der Waals surface area contributed by atoms with Crippen molar-refractivity contribution in [3.8, 4) is 5.75 Å². The molecule has 0 saturated carbocycles. The Hall–Kier alpha value is -3.16. The van der Waals surface area contributed by atoms with Crippen LogP contribution in [-0.4, -0.2) is 29.5 Å². The van der Waals surface area contributed by atoms with Crippen molar-refractivity contribution in [3.63, 3.8) is 0 Å². The quantitative estimate of drug-likeness (QED) is 0.413. The van der Waals surface area contributed by atoms with Crippen LogP contribution in [0.3, 0.4) is 0 Å². The third-order valence-corrected chi connectivity index (χ3v) is 6.62. The zero-order chi connectivity index (χ0) is 24.2. The molecule has 1 amide bonds. The molecule has 0 fully saturated rings. The Labute approximate surface area is 207 Å². The fourth-order valence-corrected chi connectivity index (χ4v) is 4.36. The molecule has 0 bridgehead atoms. The maximum atomic E-state index is 14.0. The highest BCUT2D eigenvalue weighted by Crippen LogP contribution is 2.36. The number of carbonyl (C=O) groups is 1. The monoisotopic (exact) mass is 495 g/mol. The number of benzene rings is 3. The van der Waals surface area contributed by atoms with Gasteiger partial charge < -0.3 is 10.1 Å². The topological polar surface area (TPSA) is 63.1 Å². The molecule has 0 aromatic heterocycles. The van der Waals surface area contributed by atoms with E-state index in [1.54, 1.807) is 7.11 Å². The Morgan fingerprint density at radius 3 is 2.38 bits per heavy atom. The smallest absolute Gasteiger partial charge is 0.234 e. The van der Waals surface area contributed by atoms with Gasteiger partial charge in [-0.3, -0.25) is 9.79 Å². The minimum Gasteiger partial charge on any atom is -0.497 e. The van der Waals surface area contributed by atoms with E-state index >= 15 is 0 Å². The normalized spacial score (nSPS) is 12.9. The van der Waals surface area contributed by atoms with Gasteiger partial charge in [0.25, 0.3) is 0 Å². The molecule has 8 heteroatoms. The lowest BCUT2D eigenvalue weighted by Crippen LogP contribution is -2.17. The summed E-state index contributed by atoms with van der Waals surface area (Å²) in [4.78, 5) is 22.3. The van der Waals surface area contributed by atoms with Gasteiger partial charge in [0.05, 0.1) is 40.7 Å². The average Bonchev–Trinajstić information content (AvgIpc) is 2.99. The number of amides is 1. The highest BCUT2D eigenvalue weighted by molar-refractivity contribution is 8.14. The van der Waals surface area contributed by atoms with E-state index in [1.807, 2.05) is 50.2 Å². The summed E-state index contributed by atoms with van der Waals surface area (Å²) in [7, 11) is 1.63. The number of fused-ring (bicyclic) bond motifs is 1. The zero-order valence-electron chi connectivity index (χ0n) is 19.0. The molecule has 1 N–H and O–H groups in total. The second kappa shape index (κ2) is 10.4. The molecule has 1 aliphatic rings. The number of nitrogens with zero attached hydrogens (tertiary/aromatic N) is 2. The third-order valence-electron chi connectivity index (χ3n) is 5.41. The van der Waals surface area contributed by atoms with E-state index in [2.05, 4.69) is 5.32 Å². The van der Waals surface area contributed by atoms with Gasteiger partial charge in [0.2, 0.25) is 5.91 Å². The number of hydrogen-bond acceptors (Lipinski definition) is 5. The lowest BCUT2D eigenvalue weighted by Gasteiger charge is -2.09. The molecule has 0 unspecified atom stereocenters. The van der Waals surface area contributed by atoms with E-state index < -0.39 is 5.82 Å². The van der Waals surface area contributed by atoms with Crippen molar-refractivity contribution in [3.05, 3.63) is 82.1 Å². The molecule has 1 aliphatic heterocycles. The standard InChI is InChI=1S/C26H23ClFN3O2S/c1-15-10-23-24(11-16(15)2)31-26(13-22(29-23)17-4-7-19(33-3)8-5-17)34-14-25(32)30-21-9-6-18(27)12-20(21)28/h4-12H,13-14H2,1-3H3,(H,30,32). The molecular weight excluding hydrogens is 473 g/mol.